The maximum absolute atomic E-state index is 12.6. The average molecular weight is 423 g/mol. The van der Waals surface area contributed by atoms with E-state index >= 15 is 0 Å². The molecular weight excluding hydrogens is 417 g/mol. The lowest BCUT2D eigenvalue weighted by Crippen LogP contribution is -2.35. The molecule has 0 saturated carbocycles. The molecule has 0 saturated heterocycles. The summed E-state index contributed by atoms with van der Waals surface area (Å²) in [6.07, 6.45) is -9.63. The molecule has 2 aromatic rings. The molecule has 0 atom stereocenters. The first-order valence-electron chi connectivity index (χ1n) is 6.42. The van der Waals surface area contributed by atoms with Crippen LogP contribution in [-0.4, -0.2) is 22.3 Å². The number of aromatic amines is 1. The first kappa shape index (κ1) is 20.2. The number of hydrogen-bond donors (Lipinski definition) is 1. The molecule has 0 radical (unpaired) electrons. The van der Waals surface area contributed by atoms with Crippen LogP contribution in [0.2, 0.25) is 10.0 Å². The van der Waals surface area contributed by atoms with Crippen molar-refractivity contribution in [1.29, 1.82) is 0 Å². The summed E-state index contributed by atoms with van der Waals surface area (Å²) in [7, 11) is 0. The van der Waals surface area contributed by atoms with Gasteiger partial charge < -0.3 is 9.72 Å². The van der Waals surface area contributed by atoms with Crippen molar-refractivity contribution in [3.05, 3.63) is 54.8 Å². The van der Waals surface area contributed by atoms with Gasteiger partial charge in [0.05, 0.1) is 15.7 Å². The zero-order valence-corrected chi connectivity index (χ0v) is 13.6. The first-order chi connectivity index (χ1) is 11.8. The molecule has 26 heavy (non-hydrogen) atoms. The Morgan fingerprint density at radius 1 is 1.00 bits per heavy atom. The van der Waals surface area contributed by atoms with Crippen molar-refractivity contribution in [2.24, 2.45) is 0 Å². The maximum Gasteiger partial charge on any atom is 0.431 e. The minimum Gasteiger partial charge on any atom is -0.481 e. The Morgan fingerprint density at radius 3 is 1.96 bits per heavy atom. The first-order valence-corrected chi connectivity index (χ1v) is 7.18. The number of ether oxygens (including phenoxy) is 1. The van der Waals surface area contributed by atoms with E-state index in [1.807, 2.05) is 0 Å². The van der Waals surface area contributed by atoms with Crippen LogP contribution in [0.15, 0.2) is 27.8 Å². The third-order valence-corrected chi connectivity index (χ3v) is 3.42. The molecule has 1 N–H and O–H groups in total. The second-order valence-corrected chi connectivity index (χ2v) is 5.62. The number of halogens is 8. The van der Waals surface area contributed by atoms with Crippen molar-refractivity contribution in [2.45, 2.75) is 12.4 Å². The molecule has 2 rings (SSSR count). The fraction of sp³-hybridized carbons (Fsp3) is 0.231. The molecule has 0 aliphatic carbocycles. The third kappa shape index (κ3) is 4.52. The summed E-state index contributed by atoms with van der Waals surface area (Å²) in [6.45, 7) is -1.70. The van der Waals surface area contributed by atoms with Crippen LogP contribution in [0, 0.1) is 0 Å². The Labute approximate surface area is 149 Å². The molecule has 0 aliphatic heterocycles. The van der Waals surface area contributed by atoms with Gasteiger partial charge in [-0.25, -0.2) is 9.36 Å². The third-order valence-electron chi connectivity index (χ3n) is 2.86. The normalized spacial score (nSPS) is 12.3. The zero-order valence-electron chi connectivity index (χ0n) is 12.1. The molecule has 0 aliphatic rings. The number of benzene rings is 1. The van der Waals surface area contributed by atoms with Gasteiger partial charge in [-0.2, -0.15) is 26.3 Å². The molecule has 0 spiro atoms. The second-order valence-electron chi connectivity index (χ2n) is 4.80. The Balaban J connectivity index is 2.51. The predicted molar refractivity (Wildman–Crippen MR) is 79.2 cm³/mol. The van der Waals surface area contributed by atoms with Crippen LogP contribution in [0.5, 0.6) is 5.75 Å². The van der Waals surface area contributed by atoms with Gasteiger partial charge in [-0.3, -0.25) is 4.79 Å². The molecule has 0 unspecified atom stereocenters. The van der Waals surface area contributed by atoms with Crippen LogP contribution in [0.4, 0.5) is 26.3 Å². The highest BCUT2D eigenvalue weighted by Crippen LogP contribution is 2.36. The van der Waals surface area contributed by atoms with Crippen molar-refractivity contribution in [2.75, 3.05) is 6.61 Å². The van der Waals surface area contributed by atoms with Gasteiger partial charge in [-0.1, -0.05) is 23.2 Å². The van der Waals surface area contributed by atoms with E-state index < -0.39 is 51.7 Å². The van der Waals surface area contributed by atoms with Gasteiger partial charge in [0.2, 0.25) is 0 Å². The number of nitrogens with one attached hydrogen (secondary N) is 1. The Kier molecular flexibility index (Phi) is 5.34. The minimum absolute atomic E-state index is 0.136. The molecule has 142 valence electrons. The number of nitrogens with zero attached hydrogens (tertiary/aromatic N) is 1. The largest absolute Gasteiger partial charge is 0.481 e. The van der Waals surface area contributed by atoms with Crippen molar-refractivity contribution in [3.63, 3.8) is 0 Å². The molecule has 1 aromatic heterocycles. The van der Waals surface area contributed by atoms with Gasteiger partial charge >= 0.3 is 18.0 Å². The van der Waals surface area contributed by atoms with E-state index in [4.69, 9.17) is 23.2 Å². The number of alkyl halides is 6. The molecular formula is C13H6Cl2F6N2O3. The lowest BCUT2D eigenvalue weighted by molar-refractivity contribution is -0.153. The standard InChI is InChI=1S/C13H6Cl2F6N2O3/c14-6-1-5(2-7(15)10(6)26-4-12(16,17)18)23-9(24)3-8(13(19,20)21)22-11(23)25/h1-3H,4H2,(H,22,25). The Hall–Kier alpha value is -2.14. The number of rotatable bonds is 3. The quantitative estimate of drug-likeness (QED) is 0.765. The fourth-order valence-corrected chi connectivity index (χ4v) is 2.44. The van der Waals surface area contributed by atoms with E-state index in [0.29, 0.717) is 0 Å². The SMILES string of the molecule is O=c1cc(C(F)(F)F)[nH]c(=O)n1-c1cc(Cl)c(OCC(F)(F)F)c(Cl)c1. The smallest absolute Gasteiger partial charge is 0.431 e. The van der Waals surface area contributed by atoms with Crippen molar-refractivity contribution >= 4 is 23.2 Å². The molecule has 0 fully saturated rings. The molecule has 0 bridgehead atoms. The van der Waals surface area contributed by atoms with Gasteiger partial charge in [0, 0.05) is 6.07 Å². The van der Waals surface area contributed by atoms with Crippen LogP contribution in [0.1, 0.15) is 5.69 Å². The maximum atomic E-state index is 12.6. The summed E-state index contributed by atoms with van der Waals surface area (Å²) in [4.78, 5) is 25.1. The van der Waals surface area contributed by atoms with E-state index in [2.05, 4.69) is 4.74 Å². The molecule has 13 heteroatoms. The second kappa shape index (κ2) is 6.88. The zero-order chi connectivity index (χ0) is 19.9. The van der Waals surface area contributed by atoms with Crippen LogP contribution in [0.25, 0.3) is 5.69 Å². The molecule has 1 aromatic carbocycles. The molecule has 5 nitrogen and oxygen atoms in total. The van der Waals surface area contributed by atoms with Gasteiger partial charge in [0.25, 0.3) is 5.56 Å². The van der Waals surface area contributed by atoms with Crippen molar-refractivity contribution in [3.8, 4) is 11.4 Å². The number of hydrogen-bond acceptors (Lipinski definition) is 3. The highest BCUT2D eigenvalue weighted by molar-refractivity contribution is 6.37. The predicted octanol–water partition coefficient (Wildman–Crippen LogP) is 3.79. The van der Waals surface area contributed by atoms with E-state index in [0.717, 1.165) is 12.1 Å². The van der Waals surface area contributed by atoms with Crippen molar-refractivity contribution < 1.29 is 31.1 Å². The van der Waals surface area contributed by atoms with Gasteiger partial charge in [-0.15, -0.1) is 0 Å². The Morgan fingerprint density at radius 2 is 1.54 bits per heavy atom. The number of aromatic nitrogens is 2. The van der Waals surface area contributed by atoms with Gasteiger partial charge in [0.15, 0.2) is 12.4 Å². The number of H-pyrrole nitrogens is 1. The van der Waals surface area contributed by atoms with Gasteiger partial charge in [0.1, 0.15) is 5.69 Å². The highest BCUT2D eigenvalue weighted by Gasteiger charge is 2.33. The van der Waals surface area contributed by atoms with E-state index in [9.17, 15) is 35.9 Å². The van der Waals surface area contributed by atoms with E-state index in [-0.39, 0.29) is 16.3 Å². The summed E-state index contributed by atoms with van der Waals surface area (Å²) in [5.74, 6) is -0.564. The van der Waals surface area contributed by atoms with Gasteiger partial charge in [-0.05, 0) is 12.1 Å². The van der Waals surface area contributed by atoms with Crippen LogP contribution >= 0.6 is 23.2 Å². The van der Waals surface area contributed by atoms with Crippen LogP contribution in [0.3, 0.4) is 0 Å². The highest BCUT2D eigenvalue weighted by atomic mass is 35.5. The van der Waals surface area contributed by atoms with E-state index in [1.165, 1.54) is 4.98 Å². The molecule has 0 amide bonds. The average Bonchev–Trinajstić information content (AvgIpc) is 2.43. The Bertz CT molecular complexity index is 894. The topological polar surface area (TPSA) is 64.1 Å². The van der Waals surface area contributed by atoms with Crippen LogP contribution < -0.4 is 16.0 Å². The van der Waals surface area contributed by atoms with E-state index in [1.54, 1.807) is 0 Å². The monoisotopic (exact) mass is 422 g/mol. The lowest BCUT2D eigenvalue weighted by Gasteiger charge is -2.14. The summed E-state index contributed by atoms with van der Waals surface area (Å²) in [6, 6.07) is 1.84. The van der Waals surface area contributed by atoms with Crippen molar-refractivity contribution in [1.82, 2.24) is 9.55 Å². The summed E-state index contributed by atoms with van der Waals surface area (Å²) in [5.41, 5.74) is -4.72. The minimum atomic E-state index is -4.96. The molecule has 1 heterocycles. The summed E-state index contributed by atoms with van der Waals surface area (Å²) >= 11 is 11.5. The lowest BCUT2D eigenvalue weighted by atomic mass is 10.3. The summed E-state index contributed by atoms with van der Waals surface area (Å²) in [5, 5.41) is -0.967. The summed E-state index contributed by atoms with van der Waals surface area (Å²) < 4.78 is 79.0. The van der Waals surface area contributed by atoms with Crippen LogP contribution in [-0.2, 0) is 6.18 Å². The fourth-order valence-electron chi connectivity index (χ4n) is 1.86.